The van der Waals surface area contributed by atoms with Crippen molar-refractivity contribution >= 4 is 5.69 Å². The van der Waals surface area contributed by atoms with Gasteiger partial charge in [-0.15, -0.1) is 0 Å². The van der Waals surface area contributed by atoms with Crippen molar-refractivity contribution in [3.63, 3.8) is 0 Å². The van der Waals surface area contributed by atoms with Crippen molar-refractivity contribution in [1.29, 1.82) is 0 Å². The summed E-state index contributed by atoms with van der Waals surface area (Å²) in [6.45, 7) is 5.69. The molecule has 2 rings (SSSR count). The van der Waals surface area contributed by atoms with Crippen LogP contribution >= 0.6 is 0 Å². The number of rotatable bonds is 8. The summed E-state index contributed by atoms with van der Waals surface area (Å²) >= 11 is 0. The minimum absolute atomic E-state index is 0.396. The molecule has 0 aromatic heterocycles. The molecule has 0 amide bonds. The lowest BCUT2D eigenvalue weighted by atomic mass is 9.95. The Morgan fingerprint density at radius 1 is 1.21 bits per heavy atom. The van der Waals surface area contributed by atoms with E-state index in [0.29, 0.717) is 11.5 Å². The summed E-state index contributed by atoms with van der Waals surface area (Å²) in [5.41, 5.74) is 8.48. The Labute approximate surface area is 117 Å². The third-order valence-corrected chi connectivity index (χ3v) is 4.41. The summed E-state index contributed by atoms with van der Waals surface area (Å²) in [6.07, 6.45) is 7.93. The van der Waals surface area contributed by atoms with Crippen LogP contribution in [0, 0.1) is 0 Å². The first kappa shape index (κ1) is 14.4. The lowest BCUT2D eigenvalue weighted by molar-refractivity contribution is 0.457. The van der Waals surface area contributed by atoms with Crippen molar-refractivity contribution in [1.82, 2.24) is 5.32 Å². The molecular formula is C17H28N2. The van der Waals surface area contributed by atoms with E-state index in [1.165, 1.54) is 44.1 Å². The number of benzene rings is 1. The molecule has 0 spiro atoms. The Morgan fingerprint density at radius 3 is 2.47 bits per heavy atom. The number of nitrogens with one attached hydrogen (secondary N) is 1. The van der Waals surface area contributed by atoms with Crippen molar-refractivity contribution in [3.8, 4) is 0 Å². The minimum atomic E-state index is 0.396. The summed E-state index contributed by atoms with van der Waals surface area (Å²) in [5.74, 6) is 0. The van der Waals surface area contributed by atoms with Crippen LogP contribution in [0.4, 0.5) is 5.69 Å². The second-order valence-corrected chi connectivity index (χ2v) is 6.18. The molecule has 0 aliphatic heterocycles. The van der Waals surface area contributed by atoms with Gasteiger partial charge in [0.15, 0.2) is 0 Å². The molecule has 0 saturated heterocycles. The number of nitrogens with two attached hydrogens (primary N) is 1. The Kier molecular flexibility index (Phi) is 4.87. The van der Waals surface area contributed by atoms with E-state index in [1.54, 1.807) is 0 Å². The van der Waals surface area contributed by atoms with Gasteiger partial charge < -0.3 is 11.1 Å². The Balaban J connectivity index is 1.80. The van der Waals surface area contributed by atoms with Crippen LogP contribution in [-0.4, -0.2) is 12.6 Å². The second kappa shape index (κ2) is 6.42. The van der Waals surface area contributed by atoms with Crippen LogP contribution < -0.4 is 11.1 Å². The summed E-state index contributed by atoms with van der Waals surface area (Å²) < 4.78 is 0. The quantitative estimate of drug-likeness (QED) is 0.550. The molecule has 1 saturated carbocycles. The SMILES string of the molecule is CCCCCC(C)NCC1(c2ccc(N)cc2)CC1. The second-order valence-electron chi connectivity index (χ2n) is 6.18. The Hall–Kier alpha value is -1.02. The van der Waals surface area contributed by atoms with Gasteiger partial charge in [0, 0.05) is 23.7 Å². The predicted molar refractivity (Wildman–Crippen MR) is 83.4 cm³/mol. The maximum absolute atomic E-state index is 5.76. The highest BCUT2D eigenvalue weighted by Crippen LogP contribution is 2.47. The van der Waals surface area contributed by atoms with Gasteiger partial charge >= 0.3 is 0 Å². The van der Waals surface area contributed by atoms with E-state index in [2.05, 4.69) is 31.3 Å². The number of hydrogen-bond acceptors (Lipinski definition) is 2. The topological polar surface area (TPSA) is 38.0 Å². The van der Waals surface area contributed by atoms with Gasteiger partial charge in [0.25, 0.3) is 0 Å². The van der Waals surface area contributed by atoms with Crippen molar-refractivity contribution in [2.75, 3.05) is 12.3 Å². The van der Waals surface area contributed by atoms with E-state index in [9.17, 15) is 0 Å². The molecule has 1 aromatic rings. The van der Waals surface area contributed by atoms with Gasteiger partial charge in [0.05, 0.1) is 0 Å². The molecule has 0 radical (unpaired) electrons. The fourth-order valence-corrected chi connectivity index (χ4v) is 2.73. The average molecular weight is 260 g/mol. The molecule has 106 valence electrons. The summed E-state index contributed by atoms with van der Waals surface area (Å²) in [7, 11) is 0. The van der Waals surface area contributed by atoms with Gasteiger partial charge in [0.1, 0.15) is 0 Å². The smallest absolute Gasteiger partial charge is 0.0314 e. The third kappa shape index (κ3) is 3.97. The molecular weight excluding hydrogens is 232 g/mol. The highest BCUT2D eigenvalue weighted by molar-refractivity contribution is 5.43. The van der Waals surface area contributed by atoms with Gasteiger partial charge in [-0.05, 0) is 43.9 Å². The van der Waals surface area contributed by atoms with E-state index in [1.807, 2.05) is 12.1 Å². The zero-order chi connectivity index (χ0) is 13.7. The number of unbranched alkanes of at least 4 members (excludes halogenated alkanes) is 2. The zero-order valence-electron chi connectivity index (χ0n) is 12.4. The van der Waals surface area contributed by atoms with Gasteiger partial charge in [-0.25, -0.2) is 0 Å². The molecule has 2 heteroatoms. The largest absolute Gasteiger partial charge is 0.399 e. The first-order valence-electron chi connectivity index (χ1n) is 7.76. The fraction of sp³-hybridized carbons (Fsp3) is 0.647. The fourth-order valence-electron chi connectivity index (χ4n) is 2.73. The predicted octanol–water partition coefficient (Wildman–Crippen LogP) is 3.86. The maximum Gasteiger partial charge on any atom is 0.0314 e. The molecule has 1 unspecified atom stereocenters. The van der Waals surface area contributed by atoms with Gasteiger partial charge in [-0.1, -0.05) is 38.3 Å². The van der Waals surface area contributed by atoms with Crippen LogP contribution in [0.15, 0.2) is 24.3 Å². The molecule has 3 N–H and O–H groups in total. The third-order valence-electron chi connectivity index (χ3n) is 4.41. The lowest BCUT2D eigenvalue weighted by Gasteiger charge is -2.20. The monoisotopic (exact) mass is 260 g/mol. The summed E-state index contributed by atoms with van der Waals surface area (Å²) in [4.78, 5) is 0. The average Bonchev–Trinajstić information content (AvgIpc) is 3.19. The normalized spacial score (nSPS) is 18.2. The van der Waals surface area contributed by atoms with Crippen LogP contribution in [0.25, 0.3) is 0 Å². The highest BCUT2D eigenvalue weighted by atomic mass is 14.9. The Bertz CT molecular complexity index is 379. The standard InChI is InChI=1S/C17H28N2/c1-3-4-5-6-14(2)19-13-17(11-12-17)15-7-9-16(18)10-8-15/h7-10,14,19H,3-6,11-13,18H2,1-2H3. The molecule has 1 fully saturated rings. The van der Waals surface area contributed by atoms with Crippen LogP contribution in [-0.2, 0) is 5.41 Å². The molecule has 19 heavy (non-hydrogen) atoms. The number of hydrogen-bond donors (Lipinski definition) is 2. The van der Waals surface area contributed by atoms with E-state index < -0.39 is 0 Å². The van der Waals surface area contributed by atoms with Crippen LogP contribution in [0.1, 0.15) is 57.9 Å². The molecule has 0 heterocycles. The molecule has 2 nitrogen and oxygen atoms in total. The zero-order valence-corrected chi connectivity index (χ0v) is 12.4. The van der Waals surface area contributed by atoms with Gasteiger partial charge in [-0.3, -0.25) is 0 Å². The van der Waals surface area contributed by atoms with Gasteiger partial charge in [0.2, 0.25) is 0 Å². The van der Waals surface area contributed by atoms with Crippen molar-refractivity contribution in [2.24, 2.45) is 0 Å². The van der Waals surface area contributed by atoms with Crippen molar-refractivity contribution in [3.05, 3.63) is 29.8 Å². The van der Waals surface area contributed by atoms with Crippen LogP contribution in [0.5, 0.6) is 0 Å². The first-order chi connectivity index (χ1) is 9.16. The van der Waals surface area contributed by atoms with Crippen LogP contribution in [0.2, 0.25) is 0 Å². The van der Waals surface area contributed by atoms with E-state index in [4.69, 9.17) is 5.73 Å². The van der Waals surface area contributed by atoms with E-state index in [-0.39, 0.29) is 0 Å². The highest BCUT2D eigenvalue weighted by Gasteiger charge is 2.43. The lowest BCUT2D eigenvalue weighted by Crippen LogP contribution is -2.33. The molecule has 1 aromatic carbocycles. The number of nitrogen functional groups attached to an aromatic ring is 1. The maximum atomic E-state index is 5.76. The van der Waals surface area contributed by atoms with E-state index in [0.717, 1.165) is 12.2 Å². The molecule has 1 aliphatic rings. The summed E-state index contributed by atoms with van der Waals surface area (Å²) in [5, 5.41) is 3.73. The minimum Gasteiger partial charge on any atom is -0.399 e. The number of anilines is 1. The van der Waals surface area contributed by atoms with E-state index >= 15 is 0 Å². The van der Waals surface area contributed by atoms with Crippen molar-refractivity contribution in [2.45, 2.75) is 63.8 Å². The van der Waals surface area contributed by atoms with Crippen molar-refractivity contribution < 1.29 is 0 Å². The molecule has 1 aliphatic carbocycles. The Morgan fingerprint density at radius 2 is 1.89 bits per heavy atom. The molecule has 1 atom stereocenters. The van der Waals surface area contributed by atoms with Gasteiger partial charge in [-0.2, -0.15) is 0 Å². The van der Waals surface area contributed by atoms with Crippen LogP contribution in [0.3, 0.4) is 0 Å². The summed E-state index contributed by atoms with van der Waals surface area (Å²) in [6, 6.07) is 9.09. The first-order valence-corrected chi connectivity index (χ1v) is 7.76. The molecule has 0 bridgehead atoms.